The van der Waals surface area contributed by atoms with Gasteiger partial charge in [0.25, 0.3) is 0 Å². The molecule has 2 rings (SSSR count). The van der Waals surface area contributed by atoms with Gasteiger partial charge in [0.2, 0.25) is 0 Å². The lowest BCUT2D eigenvalue weighted by molar-refractivity contribution is 0.411. The Labute approximate surface area is 134 Å². The summed E-state index contributed by atoms with van der Waals surface area (Å²) in [6.45, 7) is 8.37. The predicted molar refractivity (Wildman–Crippen MR) is 89.1 cm³/mol. The first-order chi connectivity index (χ1) is 9.86. The molecule has 0 bridgehead atoms. The van der Waals surface area contributed by atoms with E-state index in [9.17, 15) is 4.39 Å². The molecule has 0 N–H and O–H groups in total. The lowest BCUT2D eigenvalue weighted by Gasteiger charge is -2.21. The molecule has 0 saturated heterocycles. The molecule has 1 nitrogen and oxygen atoms in total. The van der Waals surface area contributed by atoms with E-state index in [4.69, 9.17) is 4.74 Å². The van der Waals surface area contributed by atoms with Gasteiger partial charge in [0.05, 0.1) is 11.9 Å². The third-order valence-corrected chi connectivity index (χ3v) is 5.11. The topological polar surface area (TPSA) is 9.23 Å². The molecule has 21 heavy (non-hydrogen) atoms. The third kappa shape index (κ3) is 2.98. The normalized spacial score (nSPS) is 12.3. The summed E-state index contributed by atoms with van der Waals surface area (Å²) in [6.07, 6.45) is 0. The minimum atomic E-state index is -0.255. The molecule has 0 aliphatic carbocycles. The zero-order valence-corrected chi connectivity index (χ0v) is 14.6. The van der Waals surface area contributed by atoms with E-state index in [2.05, 4.69) is 49.7 Å². The minimum absolute atomic E-state index is 0.165. The van der Waals surface area contributed by atoms with Crippen LogP contribution in [0.3, 0.4) is 0 Å². The first-order valence-electron chi connectivity index (χ1n) is 6.91. The summed E-state index contributed by atoms with van der Waals surface area (Å²) in [7, 11) is 1.54. The number of halogens is 2. The maximum Gasteiger partial charge on any atom is 0.131 e. The molecule has 0 heterocycles. The van der Waals surface area contributed by atoms with Crippen molar-refractivity contribution in [2.45, 2.75) is 32.5 Å². The fourth-order valence-corrected chi connectivity index (χ4v) is 3.68. The number of hydrogen-bond acceptors (Lipinski definition) is 1. The van der Waals surface area contributed by atoms with Gasteiger partial charge in [-0.1, -0.05) is 28.1 Å². The number of rotatable bonds is 3. The van der Waals surface area contributed by atoms with E-state index >= 15 is 0 Å². The Hall–Kier alpha value is -1.35. The van der Waals surface area contributed by atoms with Gasteiger partial charge in [-0.2, -0.15) is 0 Å². The molecule has 0 fully saturated rings. The molecule has 112 valence electrons. The largest absolute Gasteiger partial charge is 0.497 e. The Bertz CT molecular complexity index is 653. The van der Waals surface area contributed by atoms with Crippen LogP contribution in [0, 0.1) is 33.5 Å². The fraction of sp³-hybridized carbons (Fsp3) is 0.333. The van der Waals surface area contributed by atoms with Gasteiger partial charge in [-0.25, -0.2) is 4.39 Å². The smallest absolute Gasteiger partial charge is 0.131 e. The van der Waals surface area contributed by atoms with Gasteiger partial charge in [-0.3, -0.25) is 0 Å². The third-order valence-electron chi connectivity index (χ3n) is 4.16. The Morgan fingerprint density at radius 2 is 1.57 bits per heavy atom. The standard InChI is InChI=1S/C18H20BrFO/c1-10-8-11(2)13(4)17(12(10)3)18(19)15-7-6-14(21-5)9-16(15)20/h6-9,18H,1-5H3. The fourth-order valence-electron chi connectivity index (χ4n) is 2.62. The predicted octanol–water partition coefficient (Wildman–Crippen LogP) is 5.55. The van der Waals surface area contributed by atoms with Crippen molar-refractivity contribution in [3.63, 3.8) is 0 Å². The molecule has 1 atom stereocenters. The molecule has 3 heteroatoms. The SMILES string of the molecule is COc1ccc(C(Br)c2c(C)c(C)cc(C)c2C)c(F)c1. The van der Waals surface area contributed by atoms with Crippen molar-refractivity contribution in [3.8, 4) is 5.75 Å². The van der Waals surface area contributed by atoms with Crippen molar-refractivity contribution < 1.29 is 9.13 Å². The first-order valence-corrected chi connectivity index (χ1v) is 7.83. The Morgan fingerprint density at radius 1 is 1.00 bits per heavy atom. The van der Waals surface area contributed by atoms with E-state index in [-0.39, 0.29) is 10.6 Å². The lowest BCUT2D eigenvalue weighted by Crippen LogP contribution is -2.05. The van der Waals surface area contributed by atoms with E-state index < -0.39 is 0 Å². The molecular formula is C18H20BrFO. The monoisotopic (exact) mass is 350 g/mol. The second-order valence-electron chi connectivity index (χ2n) is 5.42. The summed E-state index contributed by atoms with van der Waals surface area (Å²) >= 11 is 3.68. The van der Waals surface area contributed by atoms with Gasteiger partial charge >= 0.3 is 0 Å². The minimum Gasteiger partial charge on any atom is -0.497 e. The molecule has 0 aliphatic heterocycles. The Kier molecular flexibility index (Phi) is 4.72. The molecule has 0 radical (unpaired) electrons. The number of benzene rings is 2. The molecule has 0 amide bonds. The zero-order chi connectivity index (χ0) is 15.7. The van der Waals surface area contributed by atoms with E-state index in [1.807, 2.05) is 0 Å². The number of aryl methyl sites for hydroxylation is 2. The highest BCUT2D eigenvalue weighted by Crippen LogP contribution is 2.39. The van der Waals surface area contributed by atoms with Crippen LogP contribution < -0.4 is 4.74 Å². The second-order valence-corrected chi connectivity index (χ2v) is 6.34. The molecule has 0 spiro atoms. The van der Waals surface area contributed by atoms with Crippen molar-refractivity contribution in [2.24, 2.45) is 0 Å². The number of methoxy groups -OCH3 is 1. The highest BCUT2D eigenvalue weighted by molar-refractivity contribution is 9.09. The number of ether oxygens (including phenoxy) is 1. The van der Waals surface area contributed by atoms with Gasteiger partial charge < -0.3 is 4.74 Å². The van der Waals surface area contributed by atoms with Crippen molar-refractivity contribution in [2.75, 3.05) is 7.11 Å². The average Bonchev–Trinajstić information content (AvgIpc) is 2.45. The van der Waals surface area contributed by atoms with Crippen molar-refractivity contribution in [1.82, 2.24) is 0 Å². The van der Waals surface area contributed by atoms with Crippen LogP contribution in [0.15, 0.2) is 24.3 Å². The van der Waals surface area contributed by atoms with Gasteiger partial charge in [-0.05, 0) is 61.6 Å². The second kappa shape index (κ2) is 6.18. The number of alkyl halides is 1. The highest BCUT2D eigenvalue weighted by atomic mass is 79.9. The quantitative estimate of drug-likeness (QED) is 0.659. The van der Waals surface area contributed by atoms with Gasteiger partial charge in [0.15, 0.2) is 0 Å². The zero-order valence-electron chi connectivity index (χ0n) is 13.1. The van der Waals surface area contributed by atoms with Gasteiger partial charge in [-0.15, -0.1) is 0 Å². The summed E-state index contributed by atoms with van der Waals surface area (Å²) in [6, 6.07) is 7.18. The van der Waals surface area contributed by atoms with E-state index in [0.717, 1.165) is 5.56 Å². The average molecular weight is 351 g/mol. The summed E-state index contributed by atoms with van der Waals surface area (Å²) in [5, 5.41) is 0. The first kappa shape index (κ1) is 16.0. The summed E-state index contributed by atoms with van der Waals surface area (Å²) in [5.41, 5.74) is 6.65. The molecule has 2 aromatic rings. The van der Waals surface area contributed by atoms with Crippen LogP contribution >= 0.6 is 15.9 Å². The van der Waals surface area contributed by atoms with Crippen molar-refractivity contribution in [3.05, 3.63) is 63.5 Å². The van der Waals surface area contributed by atoms with Crippen LogP contribution in [0.2, 0.25) is 0 Å². The van der Waals surface area contributed by atoms with Crippen LogP contribution in [-0.2, 0) is 0 Å². The van der Waals surface area contributed by atoms with Crippen LogP contribution in [0.5, 0.6) is 5.75 Å². The molecule has 0 aromatic heterocycles. The van der Waals surface area contributed by atoms with Gasteiger partial charge in [0, 0.05) is 11.6 Å². The van der Waals surface area contributed by atoms with Gasteiger partial charge in [0.1, 0.15) is 11.6 Å². The van der Waals surface area contributed by atoms with E-state index in [1.54, 1.807) is 12.1 Å². The summed E-state index contributed by atoms with van der Waals surface area (Å²) in [5.74, 6) is 0.277. The van der Waals surface area contributed by atoms with Crippen LogP contribution in [0.1, 0.15) is 38.2 Å². The lowest BCUT2D eigenvalue weighted by atomic mass is 9.90. The van der Waals surface area contributed by atoms with Crippen LogP contribution in [-0.4, -0.2) is 7.11 Å². The van der Waals surface area contributed by atoms with Crippen molar-refractivity contribution in [1.29, 1.82) is 0 Å². The number of hydrogen-bond donors (Lipinski definition) is 0. The van der Waals surface area contributed by atoms with Crippen molar-refractivity contribution >= 4 is 15.9 Å². The maximum absolute atomic E-state index is 14.3. The Balaban J connectivity index is 2.57. The summed E-state index contributed by atoms with van der Waals surface area (Å²) < 4.78 is 19.4. The van der Waals surface area contributed by atoms with E-state index in [0.29, 0.717) is 11.3 Å². The maximum atomic E-state index is 14.3. The van der Waals surface area contributed by atoms with E-state index in [1.165, 1.54) is 35.4 Å². The molecule has 1 unspecified atom stereocenters. The molecular weight excluding hydrogens is 331 g/mol. The molecule has 2 aromatic carbocycles. The highest BCUT2D eigenvalue weighted by Gasteiger charge is 2.21. The Morgan fingerprint density at radius 3 is 2.05 bits per heavy atom. The van der Waals surface area contributed by atoms with Crippen LogP contribution in [0.4, 0.5) is 4.39 Å². The molecule has 0 aliphatic rings. The molecule has 0 saturated carbocycles. The van der Waals surface area contributed by atoms with Crippen LogP contribution in [0.25, 0.3) is 0 Å². The summed E-state index contributed by atoms with van der Waals surface area (Å²) in [4.78, 5) is -0.165.